The summed E-state index contributed by atoms with van der Waals surface area (Å²) in [4.78, 5) is 0. The Hall–Kier alpha value is -1.16. The summed E-state index contributed by atoms with van der Waals surface area (Å²) >= 11 is 12.1. The van der Waals surface area contributed by atoms with Gasteiger partial charge >= 0.3 is 0 Å². The van der Waals surface area contributed by atoms with Gasteiger partial charge in [-0.3, -0.25) is 0 Å². The second-order valence-electron chi connectivity index (χ2n) is 4.97. The van der Waals surface area contributed by atoms with Gasteiger partial charge in [0.2, 0.25) is 0 Å². The highest BCUT2D eigenvalue weighted by Gasteiger charge is 2.24. The molecule has 0 saturated carbocycles. The van der Waals surface area contributed by atoms with Gasteiger partial charge in [-0.15, -0.1) is 0 Å². The molecule has 1 atom stereocenters. The molecule has 5 heteroatoms. The fraction of sp³-hybridized carbons (Fsp3) is 0.200. The van der Waals surface area contributed by atoms with Crippen LogP contribution in [-0.2, 0) is 12.0 Å². The Balaban J connectivity index is 2.37. The maximum absolute atomic E-state index is 13.3. The second-order valence-corrected chi connectivity index (χ2v) is 5.75. The zero-order valence-electron chi connectivity index (χ0n) is 10.8. The molecule has 106 valence electrons. The summed E-state index contributed by atoms with van der Waals surface area (Å²) in [5.41, 5.74) is 6.33. The Kier molecular flexibility index (Phi) is 4.33. The standard InChI is InChI=1S/C15H13Cl2F2N/c1-15(20,10-5-11(18)7-12(19)6-10)8-9-3-2-4-13(16)14(9)17/h2-7H,8,20H2,1H3. The molecule has 0 aromatic heterocycles. The molecule has 1 nitrogen and oxygen atoms in total. The summed E-state index contributed by atoms with van der Waals surface area (Å²) in [7, 11) is 0. The molecule has 20 heavy (non-hydrogen) atoms. The van der Waals surface area contributed by atoms with Gasteiger partial charge in [0.15, 0.2) is 0 Å². The van der Waals surface area contributed by atoms with Crippen LogP contribution in [0.4, 0.5) is 8.78 Å². The molecule has 2 aromatic carbocycles. The summed E-state index contributed by atoms with van der Waals surface area (Å²) in [5.74, 6) is -1.32. The predicted octanol–water partition coefficient (Wildman–Crippen LogP) is 4.69. The van der Waals surface area contributed by atoms with Gasteiger partial charge in [-0.25, -0.2) is 8.78 Å². The van der Waals surface area contributed by atoms with Crippen molar-refractivity contribution in [2.24, 2.45) is 5.73 Å². The lowest BCUT2D eigenvalue weighted by atomic mass is 9.86. The number of hydrogen-bond acceptors (Lipinski definition) is 1. The number of halogens is 4. The summed E-state index contributed by atoms with van der Waals surface area (Å²) in [5, 5.41) is 0.827. The van der Waals surface area contributed by atoms with Crippen LogP contribution in [0.2, 0.25) is 10.0 Å². The highest BCUT2D eigenvalue weighted by Crippen LogP contribution is 2.31. The van der Waals surface area contributed by atoms with Crippen LogP contribution in [0.3, 0.4) is 0 Å². The third-order valence-electron chi connectivity index (χ3n) is 3.11. The van der Waals surface area contributed by atoms with E-state index in [2.05, 4.69) is 0 Å². The van der Waals surface area contributed by atoms with Crippen molar-refractivity contribution in [1.82, 2.24) is 0 Å². The van der Waals surface area contributed by atoms with Crippen molar-refractivity contribution >= 4 is 23.2 Å². The highest BCUT2D eigenvalue weighted by atomic mass is 35.5. The van der Waals surface area contributed by atoms with Crippen LogP contribution in [0.15, 0.2) is 36.4 Å². The smallest absolute Gasteiger partial charge is 0.126 e. The van der Waals surface area contributed by atoms with Gasteiger partial charge in [0.25, 0.3) is 0 Å². The average Bonchev–Trinajstić information content (AvgIpc) is 2.33. The summed E-state index contributed by atoms with van der Waals surface area (Å²) < 4.78 is 26.6. The molecule has 0 amide bonds. The van der Waals surface area contributed by atoms with Crippen molar-refractivity contribution in [1.29, 1.82) is 0 Å². The van der Waals surface area contributed by atoms with E-state index in [1.165, 1.54) is 12.1 Å². The molecule has 0 aliphatic rings. The molecule has 0 spiro atoms. The molecule has 0 aliphatic carbocycles. The minimum atomic E-state index is -0.961. The van der Waals surface area contributed by atoms with Crippen LogP contribution >= 0.6 is 23.2 Å². The monoisotopic (exact) mass is 315 g/mol. The second kappa shape index (κ2) is 5.68. The predicted molar refractivity (Wildman–Crippen MR) is 78.1 cm³/mol. The Labute approximate surface area is 126 Å². The van der Waals surface area contributed by atoms with Gasteiger partial charge in [-0.2, -0.15) is 0 Å². The lowest BCUT2D eigenvalue weighted by molar-refractivity contribution is 0.478. The first-order valence-electron chi connectivity index (χ1n) is 5.98. The van der Waals surface area contributed by atoms with E-state index in [-0.39, 0.29) is 0 Å². The Morgan fingerprint density at radius 3 is 2.30 bits per heavy atom. The fourth-order valence-corrected chi connectivity index (χ4v) is 2.45. The van der Waals surface area contributed by atoms with Gasteiger partial charge in [-0.1, -0.05) is 35.3 Å². The van der Waals surface area contributed by atoms with Crippen molar-refractivity contribution < 1.29 is 8.78 Å². The third-order valence-corrected chi connectivity index (χ3v) is 3.97. The summed E-state index contributed by atoms with van der Waals surface area (Å²) in [6, 6.07) is 8.47. The molecule has 1 unspecified atom stereocenters. The number of benzene rings is 2. The molecule has 0 bridgehead atoms. The van der Waals surface area contributed by atoms with Crippen LogP contribution in [0.1, 0.15) is 18.1 Å². The Morgan fingerprint density at radius 2 is 1.70 bits per heavy atom. The maximum atomic E-state index is 13.3. The van der Waals surface area contributed by atoms with E-state index in [9.17, 15) is 8.78 Å². The van der Waals surface area contributed by atoms with Crippen molar-refractivity contribution in [3.8, 4) is 0 Å². The molecule has 0 aliphatic heterocycles. The van der Waals surface area contributed by atoms with E-state index >= 15 is 0 Å². The SMILES string of the molecule is CC(N)(Cc1cccc(Cl)c1Cl)c1cc(F)cc(F)c1. The van der Waals surface area contributed by atoms with Gasteiger partial charge in [0.05, 0.1) is 10.0 Å². The van der Waals surface area contributed by atoms with Crippen molar-refractivity contribution in [3.05, 3.63) is 69.2 Å². The van der Waals surface area contributed by atoms with Crippen molar-refractivity contribution in [2.45, 2.75) is 18.9 Å². The zero-order valence-corrected chi connectivity index (χ0v) is 12.3. The molecule has 0 saturated heterocycles. The van der Waals surface area contributed by atoms with E-state index in [1.807, 2.05) is 0 Å². The van der Waals surface area contributed by atoms with Crippen molar-refractivity contribution in [3.63, 3.8) is 0 Å². The third kappa shape index (κ3) is 3.29. The molecular weight excluding hydrogens is 303 g/mol. The number of nitrogens with two attached hydrogens (primary N) is 1. The van der Waals surface area contributed by atoms with E-state index in [0.29, 0.717) is 22.0 Å². The maximum Gasteiger partial charge on any atom is 0.126 e. The topological polar surface area (TPSA) is 26.0 Å². The summed E-state index contributed by atoms with van der Waals surface area (Å²) in [6.45, 7) is 1.69. The van der Waals surface area contributed by atoms with E-state index in [1.54, 1.807) is 25.1 Å². The minimum Gasteiger partial charge on any atom is -0.321 e. The van der Waals surface area contributed by atoms with Crippen LogP contribution in [0.25, 0.3) is 0 Å². The van der Waals surface area contributed by atoms with E-state index in [0.717, 1.165) is 11.6 Å². The van der Waals surface area contributed by atoms with Crippen LogP contribution in [-0.4, -0.2) is 0 Å². The van der Waals surface area contributed by atoms with Gasteiger partial charge < -0.3 is 5.73 Å². The Bertz CT molecular complexity index is 622. The quantitative estimate of drug-likeness (QED) is 0.873. The summed E-state index contributed by atoms with van der Waals surface area (Å²) in [6.07, 6.45) is 0.315. The Morgan fingerprint density at radius 1 is 1.10 bits per heavy atom. The lowest BCUT2D eigenvalue weighted by Crippen LogP contribution is -2.35. The molecule has 2 N–H and O–H groups in total. The van der Waals surface area contributed by atoms with Crippen LogP contribution < -0.4 is 5.73 Å². The highest BCUT2D eigenvalue weighted by molar-refractivity contribution is 6.42. The van der Waals surface area contributed by atoms with E-state index < -0.39 is 17.2 Å². The first-order chi connectivity index (χ1) is 9.29. The minimum absolute atomic E-state index is 0.315. The lowest BCUT2D eigenvalue weighted by Gasteiger charge is -2.26. The van der Waals surface area contributed by atoms with Gasteiger partial charge in [-0.05, 0) is 42.7 Å². The molecule has 0 radical (unpaired) electrons. The largest absolute Gasteiger partial charge is 0.321 e. The van der Waals surface area contributed by atoms with Gasteiger partial charge in [0.1, 0.15) is 11.6 Å². The van der Waals surface area contributed by atoms with Crippen molar-refractivity contribution in [2.75, 3.05) is 0 Å². The molecule has 0 heterocycles. The number of hydrogen-bond donors (Lipinski definition) is 1. The average molecular weight is 316 g/mol. The normalized spacial score (nSPS) is 14.1. The molecule has 0 fully saturated rings. The first-order valence-corrected chi connectivity index (χ1v) is 6.73. The molecule has 2 aromatic rings. The molecule has 2 rings (SSSR count). The van der Waals surface area contributed by atoms with Crippen LogP contribution in [0.5, 0.6) is 0 Å². The molecular formula is C15H13Cl2F2N. The number of rotatable bonds is 3. The van der Waals surface area contributed by atoms with Crippen LogP contribution in [0, 0.1) is 11.6 Å². The van der Waals surface area contributed by atoms with E-state index in [4.69, 9.17) is 28.9 Å². The fourth-order valence-electron chi connectivity index (χ4n) is 2.07. The zero-order chi connectivity index (χ0) is 14.9. The van der Waals surface area contributed by atoms with Gasteiger partial charge in [0, 0.05) is 11.6 Å². The first kappa shape index (κ1) is 15.2.